The van der Waals surface area contributed by atoms with Gasteiger partial charge in [0, 0.05) is 23.7 Å². The minimum atomic E-state index is -1.68. The first-order chi connectivity index (χ1) is 20.1. The molecule has 0 spiro atoms. The Morgan fingerprint density at radius 2 is 1.93 bits per heavy atom. The second kappa shape index (κ2) is 12.9. The average Bonchev–Trinajstić information content (AvgIpc) is 2.97. The van der Waals surface area contributed by atoms with Crippen LogP contribution in [-0.4, -0.2) is 73.5 Å². The summed E-state index contributed by atoms with van der Waals surface area (Å²) in [5.74, 6) is -4.27. The van der Waals surface area contributed by atoms with Gasteiger partial charge in [0.2, 0.25) is 11.3 Å². The van der Waals surface area contributed by atoms with Crippen molar-refractivity contribution in [3.8, 4) is 5.75 Å². The molecule has 1 unspecified atom stereocenters. The first-order valence-electron chi connectivity index (χ1n) is 12.2. The van der Waals surface area contributed by atoms with Crippen LogP contribution in [0.2, 0.25) is 0 Å². The van der Waals surface area contributed by atoms with E-state index in [1.807, 2.05) is 0 Å². The van der Waals surface area contributed by atoms with Gasteiger partial charge < -0.3 is 41.1 Å². The van der Waals surface area contributed by atoms with Crippen LogP contribution in [0.15, 0.2) is 64.9 Å². The van der Waals surface area contributed by atoms with E-state index in [1.54, 1.807) is 12.1 Å². The molecule has 2 aromatic heterocycles. The molecular weight excluding hydrogens is 595 g/mol. The van der Waals surface area contributed by atoms with Gasteiger partial charge in [-0.2, -0.15) is 0 Å². The number of β-lactam (4-membered cyclic amide) rings is 1. The number of carbonyl (C=O) groups is 5. The number of nitrogens with two attached hydrogens (primary N) is 1. The third kappa shape index (κ3) is 6.22. The molecule has 0 radical (unpaired) electrons. The number of aliphatic carboxylic acids is 1. The molecule has 0 bridgehead atoms. The number of aromatic hydroxyl groups is 1. The number of hydrogen-bond acceptors (Lipinski definition) is 11. The molecule has 5 rings (SSSR count). The molecule has 2 aliphatic heterocycles. The fraction of sp³-hybridized carbons (Fsp3) is 0.192. The van der Waals surface area contributed by atoms with E-state index in [0.29, 0.717) is 5.52 Å². The molecule has 3 aromatic rings. The van der Waals surface area contributed by atoms with Crippen molar-refractivity contribution in [3.05, 3.63) is 81.4 Å². The van der Waals surface area contributed by atoms with Gasteiger partial charge in [0.05, 0.1) is 17.2 Å². The Labute approximate surface area is 268 Å². The predicted octanol–water partition coefficient (Wildman–Crippen LogP) is -4.40. The van der Waals surface area contributed by atoms with Crippen molar-refractivity contribution in [2.75, 3.05) is 12.4 Å². The first kappa shape index (κ1) is 31.6. The number of carboxylic acid groups (broad SMARTS) is 1. The largest absolute Gasteiger partial charge is 1.00 e. The molecule has 17 heteroatoms. The van der Waals surface area contributed by atoms with Crippen LogP contribution in [0.4, 0.5) is 4.79 Å². The van der Waals surface area contributed by atoms with Crippen LogP contribution in [0.25, 0.3) is 11.0 Å². The molecule has 4 amide bonds. The number of pyridine rings is 2. The maximum atomic E-state index is 13.5. The van der Waals surface area contributed by atoms with Crippen molar-refractivity contribution in [2.45, 2.75) is 17.5 Å². The number of phenols is 1. The first-order valence-corrected chi connectivity index (χ1v) is 13.3. The van der Waals surface area contributed by atoms with Crippen LogP contribution >= 0.6 is 11.8 Å². The Balaban J connectivity index is 0.00000423. The number of aromatic nitrogens is 2. The van der Waals surface area contributed by atoms with E-state index in [9.17, 15) is 39.0 Å². The van der Waals surface area contributed by atoms with E-state index in [-0.39, 0.29) is 63.3 Å². The molecule has 15 nitrogen and oxygen atoms in total. The van der Waals surface area contributed by atoms with Gasteiger partial charge in [-0.05, 0) is 29.8 Å². The predicted molar refractivity (Wildman–Crippen MR) is 143 cm³/mol. The second-order valence-electron chi connectivity index (χ2n) is 9.17. The molecule has 216 valence electrons. The van der Waals surface area contributed by atoms with Crippen molar-refractivity contribution in [1.82, 2.24) is 25.5 Å². The van der Waals surface area contributed by atoms with E-state index >= 15 is 0 Å². The smallest absolute Gasteiger partial charge is 0.543 e. The van der Waals surface area contributed by atoms with Gasteiger partial charge in [0.15, 0.2) is 0 Å². The summed E-state index contributed by atoms with van der Waals surface area (Å²) < 4.78 is 4.67. The van der Waals surface area contributed by atoms with E-state index in [2.05, 4.69) is 25.3 Å². The number of phenolic OH excluding ortho intramolecular Hbond substituents is 1. The molecule has 1 fully saturated rings. The van der Waals surface area contributed by atoms with Gasteiger partial charge in [0.25, 0.3) is 11.8 Å². The Morgan fingerprint density at radius 1 is 1.21 bits per heavy atom. The summed E-state index contributed by atoms with van der Waals surface area (Å²) in [5.41, 5.74) is 4.21. The molecule has 2 aliphatic rings. The third-order valence-electron chi connectivity index (χ3n) is 6.58. The zero-order valence-corrected chi connectivity index (χ0v) is 25.2. The van der Waals surface area contributed by atoms with Crippen LogP contribution in [0.3, 0.4) is 0 Å². The molecule has 1 aromatic carbocycles. The number of fused-ring (bicyclic) bond motifs is 2. The van der Waals surface area contributed by atoms with E-state index < -0.39 is 65.0 Å². The summed E-state index contributed by atoms with van der Waals surface area (Å²) in [6, 6.07) is 5.93. The Morgan fingerprint density at radius 3 is 2.60 bits per heavy atom. The van der Waals surface area contributed by atoms with Crippen LogP contribution < -0.4 is 56.5 Å². The maximum absolute atomic E-state index is 13.5. The fourth-order valence-corrected chi connectivity index (χ4v) is 5.90. The number of carboxylic acids is 1. The Kier molecular flexibility index (Phi) is 9.44. The summed E-state index contributed by atoms with van der Waals surface area (Å²) in [4.78, 5) is 83.1. The van der Waals surface area contributed by atoms with Gasteiger partial charge in [-0.1, -0.05) is 12.1 Å². The molecule has 6 N–H and O–H groups in total. The zero-order valence-electron chi connectivity index (χ0n) is 22.4. The van der Waals surface area contributed by atoms with Crippen molar-refractivity contribution in [1.29, 1.82) is 0 Å². The van der Waals surface area contributed by atoms with Gasteiger partial charge in [-0.3, -0.25) is 29.1 Å². The number of aromatic amines is 1. The average molecular weight is 617 g/mol. The molecule has 43 heavy (non-hydrogen) atoms. The van der Waals surface area contributed by atoms with E-state index in [1.165, 1.54) is 36.7 Å². The van der Waals surface area contributed by atoms with Gasteiger partial charge in [-0.25, -0.2) is 4.79 Å². The SMILES string of the molecule is NC(=O)OCC1=C(C(=O)[O-])N2C(=O)C(NC(=O)[C@H](NC(=O)c3c[nH]c4cccnc4c3=O)c3ccc(O)cc3)[C@H]2SC1.[Na+]. The van der Waals surface area contributed by atoms with Crippen LogP contribution in [0, 0.1) is 0 Å². The van der Waals surface area contributed by atoms with Crippen LogP contribution in [0.5, 0.6) is 5.75 Å². The van der Waals surface area contributed by atoms with E-state index in [4.69, 9.17) is 5.73 Å². The summed E-state index contributed by atoms with van der Waals surface area (Å²) in [6.45, 7) is -0.461. The summed E-state index contributed by atoms with van der Waals surface area (Å²) in [6.07, 6.45) is 1.45. The Bertz CT molecular complexity index is 1730. The molecule has 0 saturated carbocycles. The molecular formula is C26H21N6NaO9S. The number of carbonyl (C=O) groups excluding carboxylic acids is 5. The second-order valence-corrected chi connectivity index (χ2v) is 10.3. The molecule has 0 aliphatic carbocycles. The van der Waals surface area contributed by atoms with Gasteiger partial charge >= 0.3 is 35.7 Å². The topological polar surface area (TPSA) is 237 Å². The van der Waals surface area contributed by atoms with Crippen LogP contribution in [0.1, 0.15) is 22.0 Å². The summed E-state index contributed by atoms with van der Waals surface area (Å²) in [5, 5.41) is 25.7. The monoisotopic (exact) mass is 616 g/mol. The zero-order chi connectivity index (χ0) is 30.1. The van der Waals surface area contributed by atoms with Crippen molar-refractivity contribution < 1.29 is 68.5 Å². The number of nitrogens with one attached hydrogen (secondary N) is 3. The van der Waals surface area contributed by atoms with Gasteiger partial charge in [-0.15, -0.1) is 11.8 Å². The van der Waals surface area contributed by atoms with Crippen molar-refractivity contribution in [2.24, 2.45) is 5.73 Å². The standard InChI is InChI=1S/C26H22N6O9S.Na/c27-26(40)41-9-12-10-42-24-18(23(37)32(24)19(12)25(38)39)31-22(36)16(11-3-5-13(33)6-4-11)30-21(35)14-8-29-15-2-1-7-28-17(15)20(14)34;/h1-8,16,18,24,33H,9-10H2,(H2,27,40)(H,29,34)(H,30,35)(H,31,36)(H,38,39);/q;+1/p-1/t16-,18?,24-;/m1./s1. The molecule has 4 heterocycles. The minimum absolute atomic E-state index is 0. The molecule has 3 atom stereocenters. The minimum Gasteiger partial charge on any atom is -0.543 e. The number of amides is 4. The normalized spacial score (nSPS) is 18.0. The molecule has 1 saturated heterocycles. The third-order valence-corrected chi connectivity index (χ3v) is 7.91. The maximum Gasteiger partial charge on any atom is 1.00 e. The van der Waals surface area contributed by atoms with Gasteiger partial charge in [0.1, 0.15) is 40.9 Å². The number of ether oxygens (including phenoxy) is 1. The number of primary amides is 1. The van der Waals surface area contributed by atoms with Crippen molar-refractivity contribution >= 4 is 52.6 Å². The number of H-pyrrole nitrogens is 1. The number of nitrogens with zero attached hydrogens (tertiary/aromatic N) is 2. The summed E-state index contributed by atoms with van der Waals surface area (Å²) >= 11 is 1.11. The number of benzene rings is 1. The number of rotatable bonds is 8. The van der Waals surface area contributed by atoms with E-state index in [0.717, 1.165) is 16.7 Å². The number of thioether (sulfide) groups is 1. The fourth-order valence-electron chi connectivity index (χ4n) is 4.57. The Hall–Kier alpha value is -4.38. The van der Waals surface area contributed by atoms with Crippen LogP contribution in [-0.2, 0) is 19.1 Å². The summed E-state index contributed by atoms with van der Waals surface area (Å²) in [7, 11) is 0. The quantitative estimate of drug-likeness (QED) is 0.120. The number of hydrogen-bond donors (Lipinski definition) is 5. The van der Waals surface area contributed by atoms with Crippen molar-refractivity contribution in [3.63, 3.8) is 0 Å².